The molecule has 0 saturated heterocycles. The van der Waals surface area contributed by atoms with Crippen LogP contribution in [0.1, 0.15) is 28.0 Å². The van der Waals surface area contributed by atoms with Crippen LogP contribution in [0.2, 0.25) is 0 Å². The second-order valence-corrected chi connectivity index (χ2v) is 2.78. The molecular formula is C8H6ClF2NO. The van der Waals surface area contributed by atoms with E-state index in [4.69, 9.17) is 11.6 Å². The highest BCUT2D eigenvalue weighted by atomic mass is 35.5. The standard InChI is InChI=1S/C8H6ClF2NO/c1-4-6(7(9)13)5(8(10)11)2-3-12-4/h2-3,8H,1H3. The minimum atomic E-state index is -2.71. The van der Waals surface area contributed by atoms with Gasteiger partial charge >= 0.3 is 0 Å². The van der Waals surface area contributed by atoms with Crippen molar-refractivity contribution in [2.75, 3.05) is 0 Å². The maximum absolute atomic E-state index is 12.3. The summed E-state index contributed by atoms with van der Waals surface area (Å²) in [4.78, 5) is 14.5. The highest BCUT2D eigenvalue weighted by Gasteiger charge is 2.19. The van der Waals surface area contributed by atoms with Crippen molar-refractivity contribution in [2.45, 2.75) is 13.3 Å². The number of aromatic nitrogens is 1. The van der Waals surface area contributed by atoms with Crippen molar-refractivity contribution in [1.29, 1.82) is 0 Å². The lowest BCUT2D eigenvalue weighted by Gasteiger charge is -2.06. The molecule has 13 heavy (non-hydrogen) atoms. The number of pyridine rings is 1. The van der Waals surface area contributed by atoms with E-state index in [1.54, 1.807) is 0 Å². The van der Waals surface area contributed by atoms with Crippen LogP contribution in [0.5, 0.6) is 0 Å². The van der Waals surface area contributed by atoms with E-state index in [2.05, 4.69) is 4.98 Å². The third-order valence-corrected chi connectivity index (χ3v) is 1.79. The summed E-state index contributed by atoms with van der Waals surface area (Å²) >= 11 is 5.15. The maximum Gasteiger partial charge on any atom is 0.264 e. The van der Waals surface area contributed by atoms with E-state index in [9.17, 15) is 13.6 Å². The highest BCUT2D eigenvalue weighted by Crippen LogP contribution is 2.25. The van der Waals surface area contributed by atoms with E-state index in [1.165, 1.54) is 13.1 Å². The van der Waals surface area contributed by atoms with E-state index in [-0.39, 0.29) is 16.8 Å². The topological polar surface area (TPSA) is 30.0 Å². The number of nitrogens with zero attached hydrogens (tertiary/aromatic N) is 1. The van der Waals surface area contributed by atoms with Gasteiger partial charge in [0.25, 0.3) is 11.7 Å². The normalized spacial score (nSPS) is 10.5. The van der Waals surface area contributed by atoms with Crippen LogP contribution in [-0.4, -0.2) is 10.2 Å². The molecule has 0 bridgehead atoms. The molecule has 1 aromatic rings. The van der Waals surface area contributed by atoms with Crippen LogP contribution in [0.4, 0.5) is 8.78 Å². The highest BCUT2D eigenvalue weighted by molar-refractivity contribution is 6.68. The minimum absolute atomic E-state index is 0.195. The molecule has 2 nitrogen and oxygen atoms in total. The molecule has 1 aromatic heterocycles. The summed E-state index contributed by atoms with van der Waals surface area (Å²) in [6.45, 7) is 1.46. The van der Waals surface area contributed by atoms with Gasteiger partial charge in [0.1, 0.15) is 0 Å². The Morgan fingerprint density at radius 3 is 2.62 bits per heavy atom. The molecule has 0 unspecified atom stereocenters. The Morgan fingerprint density at radius 1 is 1.62 bits per heavy atom. The lowest BCUT2D eigenvalue weighted by molar-refractivity contribution is 0.106. The number of rotatable bonds is 2. The van der Waals surface area contributed by atoms with Crippen LogP contribution in [0, 0.1) is 6.92 Å². The Hall–Kier alpha value is -1.03. The Morgan fingerprint density at radius 2 is 2.23 bits per heavy atom. The van der Waals surface area contributed by atoms with Crippen LogP contribution in [0.15, 0.2) is 12.3 Å². The number of hydrogen-bond acceptors (Lipinski definition) is 2. The number of aryl methyl sites for hydroxylation is 1. The lowest BCUT2D eigenvalue weighted by atomic mass is 10.1. The quantitative estimate of drug-likeness (QED) is 0.695. The molecule has 0 aromatic carbocycles. The smallest absolute Gasteiger partial charge is 0.264 e. The van der Waals surface area contributed by atoms with Gasteiger partial charge in [0.15, 0.2) is 0 Å². The molecule has 1 heterocycles. The SMILES string of the molecule is Cc1nccc(C(F)F)c1C(=O)Cl. The number of halogens is 3. The van der Waals surface area contributed by atoms with Crippen LogP contribution in [0.3, 0.4) is 0 Å². The lowest BCUT2D eigenvalue weighted by Crippen LogP contribution is -2.03. The van der Waals surface area contributed by atoms with Gasteiger partial charge in [0.05, 0.1) is 5.56 Å². The molecule has 0 aliphatic rings. The average molecular weight is 206 g/mol. The van der Waals surface area contributed by atoms with Crippen LogP contribution in [0.25, 0.3) is 0 Å². The summed E-state index contributed by atoms with van der Waals surface area (Å²) in [7, 11) is 0. The van der Waals surface area contributed by atoms with Crippen LogP contribution >= 0.6 is 11.6 Å². The molecule has 0 radical (unpaired) electrons. The van der Waals surface area contributed by atoms with Crippen molar-refractivity contribution in [3.8, 4) is 0 Å². The Kier molecular flexibility index (Phi) is 2.93. The summed E-state index contributed by atoms with van der Waals surface area (Å²) in [5, 5.41) is -0.902. The third kappa shape index (κ3) is 2.01. The average Bonchev–Trinajstić information content (AvgIpc) is 2.02. The van der Waals surface area contributed by atoms with Gasteiger partial charge in [-0.3, -0.25) is 9.78 Å². The molecule has 0 atom stereocenters. The molecule has 0 spiro atoms. The van der Waals surface area contributed by atoms with Crippen molar-refractivity contribution in [3.05, 3.63) is 29.1 Å². The van der Waals surface area contributed by atoms with Gasteiger partial charge in [-0.2, -0.15) is 0 Å². The molecule has 0 N–H and O–H groups in total. The summed E-state index contributed by atoms with van der Waals surface area (Å²) < 4.78 is 24.7. The van der Waals surface area contributed by atoms with Gasteiger partial charge in [0, 0.05) is 17.5 Å². The summed E-state index contributed by atoms with van der Waals surface area (Å²) in [6.07, 6.45) is -1.49. The molecular weight excluding hydrogens is 200 g/mol. The summed E-state index contributed by atoms with van der Waals surface area (Å²) in [6, 6.07) is 1.09. The number of alkyl halides is 2. The number of hydrogen-bond donors (Lipinski definition) is 0. The maximum atomic E-state index is 12.3. The van der Waals surface area contributed by atoms with E-state index in [0.717, 1.165) is 6.07 Å². The third-order valence-electron chi connectivity index (χ3n) is 1.60. The second-order valence-electron chi connectivity index (χ2n) is 2.43. The molecule has 0 saturated carbocycles. The Bertz CT molecular complexity index is 341. The fourth-order valence-electron chi connectivity index (χ4n) is 1.02. The van der Waals surface area contributed by atoms with Gasteiger partial charge in [-0.05, 0) is 24.6 Å². The van der Waals surface area contributed by atoms with E-state index in [0.29, 0.717) is 0 Å². The van der Waals surface area contributed by atoms with Crippen LogP contribution in [-0.2, 0) is 0 Å². The largest absolute Gasteiger partial charge is 0.276 e. The van der Waals surface area contributed by atoms with E-state index >= 15 is 0 Å². The number of carbonyl (C=O) groups excluding carboxylic acids is 1. The Balaban J connectivity index is 3.34. The van der Waals surface area contributed by atoms with E-state index < -0.39 is 11.7 Å². The summed E-state index contributed by atoms with van der Waals surface area (Å²) in [5.74, 6) is 0. The first kappa shape index (κ1) is 10.1. The van der Waals surface area contributed by atoms with Gasteiger partial charge in [-0.1, -0.05) is 0 Å². The zero-order valence-corrected chi connectivity index (χ0v) is 7.48. The number of carbonyl (C=O) groups is 1. The van der Waals surface area contributed by atoms with E-state index in [1.807, 2.05) is 0 Å². The molecule has 0 fully saturated rings. The molecule has 0 aliphatic carbocycles. The Labute approximate surface area is 78.5 Å². The van der Waals surface area contributed by atoms with Crippen molar-refractivity contribution in [1.82, 2.24) is 4.98 Å². The summed E-state index contributed by atoms with van der Waals surface area (Å²) in [5.41, 5.74) is -0.343. The predicted octanol–water partition coefficient (Wildman–Crippen LogP) is 2.71. The van der Waals surface area contributed by atoms with Crippen molar-refractivity contribution < 1.29 is 13.6 Å². The fourth-order valence-corrected chi connectivity index (χ4v) is 1.27. The van der Waals surface area contributed by atoms with Crippen molar-refractivity contribution >= 4 is 16.8 Å². The first-order chi connectivity index (χ1) is 6.04. The van der Waals surface area contributed by atoms with Gasteiger partial charge in [-0.15, -0.1) is 0 Å². The fraction of sp³-hybridized carbons (Fsp3) is 0.250. The van der Waals surface area contributed by atoms with Crippen molar-refractivity contribution in [2.24, 2.45) is 0 Å². The first-order valence-electron chi connectivity index (χ1n) is 3.47. The van der Waals surface area contributed by atoms with Crippen LogP contribution < -0.4 is 0 Å². The van der Waals surface area contributed by atoms with Gasteiger partial charge in [0.2, 0.25) is 0 Å². The molecule has 70 valence electrons. The molecule has 0 aliphatic heterocycles. The van der Waals surface area contributed by atoms with Gasteiger partial charge in [-0.25, -0.2) is 8.78 Å². The molecule has 1 rings (SSSR count). The first-order valence-corrected chi connectivity index (χ1v) is 3.85. The predicted molar refractivity (Wildman–Crippen MR) is 44.1 cm³/mol. The monoisotopic (exact) mass is 205 g/mol. The minimum Gasteiger partial charge on any atom is -0.276 e. The molecule has 0 amide bonds. The molecule has 5 heteroatoms. The second kappa shape index (κ2) is 3.79. The zero-order chi connectivity index (χ0) is 10.0. The zero-order valence-electron chi connectivity index (χ0n) is 6.72. The van der Waals surface area contributed by atoms with Gasteiger partial charge < -0.3 is 0 Å². The van der Waals surface area contributed by atoms with Crippen molar-refractivity contribution in [3.63, 3.8) is 0 Å².